The van der Waals surface area contributed by atoms with Crippen LogP contribution in [-0.4, -0.2) is 38.5 Å². The van der Waals surface area contributed by atoms with Crippen molar-refractivity contribution in [3.63, 3.8) is 0 Å². The van der Waals surface area contributed by atoms with Gasteiger partial charge in [-0.05, 0) is 43.8 Å². The third kappa shape index (κ3) is 6.14. The van der Waals surface area contributed by atoms with Gasteiger partial charge in [-0.3, -0.25) is 5.32 Å². The van der Waals surface area contributed by atoms with Crippen LogP contribution in [0.3, 0.4) is 0 Å². The lowest BCUT2D eigenvalue weighted by atomic mass is 10.1. The van der Waals surface area contributed by atoms with Crippen molar-refractivity contribution >= 4 is 34.1 Å². The Hall–Kier alpha value is -2.43. The fraction of sp³-hybridized carbons (Fsp3) is 0.421. The topological polar surface area (TPSA) is 83.2 Å². The molecule has 0 bridgehead atoms. The second kappa shape index (κ2) is 10.5. The van der Waals surface area contributed by atoms with Gasteiger partial charge in [0.15, 0.2) is 5.11 Å². The summed E-state index contributed by atoms with van der Waals surface area (Å²) in [5.74, 6) is 0.754. The predicted molar refractivity (Wildman–Crippen MR) is 108 cm³/mol. The van der Waals surface area contributed by atoms with Crippen molar-refractivity contribution in [1.82, 2.24) is 10.6 Å². The number of benzene rings is 1. The van der Waals surface area contributed by atoms with Crippen molar-refractivity contribution in [3.05, 3.63) is 35.4 Å². The van der Waals surface area contributed by atoms with Crippen molar-refractivity contribution in [3.8, 4) is 6.07 Å². The number of H-pyrrole nitrogens is 1. The number of nitrogens with zero attached hydrogens (tertiary/aromatic N) is 1. The zero-order chi connectivity index (χ0) is 18.8. The number of nitrogens with one attached hydrogen (secondary N) is 4. The van der Waals surface area contributed by atoms with Gasteiger partial charge in [0.25, 0.3) is 5.82 Å². The van der Waals surface area contributed by atoms with Gasteiger partial charge in [0.1, 0.15) is 17.1 Å². The summed E-state index contributed by atoms with van der Waals surface area (Å²) in [4.78, 5) is 3.31. The molecule has 0 atom stereocenters. The van der Waals surface area contributed by atoms with E-state index in [-0.39, 0.29) is 0 Å². The van der Waals surface area contributed by atoms with E-state index < -0.39 is 0 Å². The van der Waals surface area contributed by atoms with Crippen LogP contribution in [0.25, 0.3) is 10.9 Å². The Morgan fingerprint density at radius 3 is 2.69 bits per heavy atom. The molecule has 2 aromatic rings. The molecule has 2 rings (SSSR count). The van der Waals surface area contributed by atoms with Crippen LogP contribution < -0.4 is 20.9 Å². The van der Waals surface area contributed by atoms with Crippen LogP contribution in [0.15, 0.2) is 24.3 Å². The van der Waals surface area contributed by atoms with Gasteiger partial charge < -0.3 is 15.4 Å². The molecule has 0 saturated carbocycles. The Morgan fingerprint density at radius 1 is 1.19 bits per heavy atom. The Labute approximate surface area is 159 Å². The molecule has 1 aromatic carbocycles. The summed E-state index contributed by atoms with van der Waals surface area (Å²) in [6.45, 7) is 5.07. The van der Waals surface area contributed by atoms with E-state index in [0.717, 1.165) is 55.8 Å². The van der Waals surface area contributed by atoms with Gasteiger partial charge in [0.05, 0.1) is 6.54 Å². The number of hydrogen-bond donors (Lipinski definition) is 3. The minimum absolute atomic E-state index is 0.617. The lowest BCUT2D eigenvalue weighted by molar-refractivity contribution is -0.327. The summed E-state index contributed by atoms with van der Waals surface area (Å²) in [6.07, 6.45) is 1.80. The molecule has 0 spiro atoms. The first kappa shape index (κ1) is 19.9. The molecule has 4 N–H and O–H groups in total. The minimum atomic E-state index is 0.617. The van der Waals surface area contributed by atoms with Gasteiger partial charge in [-0.2, -0.15) is 5.26 Å². The minimum Gasteiger partial charge on any atom is -0.385 e. The van der Waals surface area contributed by atoms with Crippen LogP contribution in [0, 0.1) is 18.3 Å². The zero-order valence-corrected chi connectivity index (χ0v) is 16.1. The van der Waals surface area contributed by atoms with E-state index in [4.69, 9.17) is 17.0 Å². The van der Waals surface area contributed by atoms with E-state index in [2.05, 4.69) is 39.1 Å². The number of pyridine rings is 1. The fourth-order valence-corrected chi connectivity index (χ4v) is 2.76. The highest BCUT2D eigenvalue weighted by Crippen LogP contribution is 2.17. The number of rotatable bonds is 9. The van der Waals surface area contributed by atoms with Crippen LogP contribution in [0.1, 0.15) is 24.0 Å². The fourth-order valence-electron chi connectivity index (χ4n) is 2.56. The molecule has 26 heavy (non-hydrogen) atoms. The van der Waals surface area contributed by atoms with E-state index in [9.17, 15) is 5.26 Å². The van der Waals surface area contributed by atoms with Crippen molar-refractivity contribution in [2.24, 2.45) is 0 Å². The van der Waals surface area contributed by atoms with Gasteiger partial charge >= 0.3 is 0 Å². The molecule has 6 nitrogen and oxygen atoms in total. The van der Waals surface area contributed by atoms with Crippen molar-refractivity contribution in [2.75, 3.05) is 38.7 Å². The molecular weight excluding hydrogens is 346 g/mol. The average molecular weight is 373 g/mol. The summed E-state index contributed by atoms with van der Waals surface area (Å²) >= 11 is 5.22. The molecule has 0 unspecified atom stereocenters. The smallest absolute Gasteiger partial charge is 0.290 e. The summed E-state index contributed by atoms with van der Waals surface area (Å²) < 4.78 is 4.99. The van der Waals surface area contributed by atoms with E-state index in [1.807, 2.05) is 19.1 Å². The van der Waals surface area contributed by atoms with Crippen LogP contribution in [0.4, 0.5) is 5.82 Å². The Balaban J connectivity index is 1.78. The molecule has 7 heteroatoms. The van der Waals surface area contributed by atoms with E-state index in [0.29, 0.717) is 10.7 Å². The first-order valence-electron chi connectivity index (χ1n) is 8.75. The highest BCUT2D eigenvalue weighted by atomic mass is 32.1. The van der Waals surface area contributed by atoms with Gasteiger partial charge in [0, 0.05) is 38.6 Å². The van der Waals surface area contributed by atoms with E-state index in [1.165, 1.54) is 5.56 Å². The summed E-state index contributed by atoms with van der Waals surface area (Å²) in [5.41, 5.74) is 2.80. The van der Waals surface area contributed by atoms with Crippen LogP contribution >= 0.6 is 12.2 Å². The number of thiocarbonyl (C=S) groups is 1. The van der Waals surface area contributed by atoms with Gasteiger partial charge in [-0.15, -0.1) is 0 Å². The number of aryl methyl sites for hydroxylation is 1. The number of aromatic nitrogens is 1. The van der Waals surface area contributed by atoms with Crippen LogP contribution in [0.5, 0.6) is 0 Å². The number of aromatic amines is 1. The van der Waals surface area contributed by atoms with Crippen LogP contribution in [-0.2, 0) is 4.74 Å². The number of nitriles is 1. The summed E-state index contributed by atoms with van der Waals surface area (Å²) in [6, 6.07) is 10.3. The normalized spacial score (nSPS) is 10.3. The van der Waals surface area contributed by atoms with Crippen molar-refractivity contribution in [1.29, 1.82) is 5.26 Å². The SMILES string of the molecule is COCCCNC(=S)NCCCNc1[nH+]c2ccc(C)cc2cc1C#N. The Kier molecular flexibility index (Phi) is 8.06. The quantitative estimate of drug-likeness (QED) is 0.462. The van der Waals surface area contributed by atoms with E-state index in [1.54, 1.807) is 7.11 Å². The molecule has 0 aliphatic carbocycles. The number of ether oxygens (including phenoxy) is 1. The van der Waals surface area contributed by atoms with Crippen LogP contribution in [0.2, 0.25) is 0 Å². The molecule has 0 radical (unpaired) electrons. The van der Waals surface area contributed by atoms with Crippen molar-refractivity contribution in [2.45, 2.75) is 19.8 Å². The zero-order valence-electron chi connectivity index (χ0n) is 15.3. The second-order valence-corrected chi connectivity index (χ2v) is 6.48. The average Bonchev–Trinajstić information content (AvgIpc) is 2.64. The second-order valence-electron chi connectivity index (χ2n) is 6.07. The third-order valence-electron chi connectivity index (χ3n) is 3.91. The Morgan fingerprint density at radius 2 is 1.96 bits per heavy atom. The van der Waals surface area contributed by atoms with E-state index >= 15 is 0 Å². The molecule has 0 saturated heterocycles. The maximum Gasteiger partial charge on any atom is 0.290 e. The molecule has 0 fully saturated rings. The standard InChI is InChI=1S/C19H25N5OS/c1-14-5-6-17-15(11-14)12-16(13-20)18(24-17)21-7-3-8-22-19(26)23-9-4-10-25-2/h5-6,11-12H,3-4,7-10H2,1-2H3,(H,21,24)(H2,22,23,26)/p+1. The largest absolute Gasteiger partial charge is 0.385 e. The number of hydrogen-bond acceptors (Lipinski definition) is 4. The highest BCUT2D eigenvalue weighted by Gasteiger charge is 2.12. The lowest BCUT2D eigenvalue weighted by Gasteiger charge is -2.09. The Bertz CT molecular complexity index is 787. The number of fused-ring (bicyclic) bond motifs is 1. The molecule has 1 aromatic heterocycles. The molecular formula is C19H26N5OS+. The molecule has 138 valence electrons. The first-order chi connectivity index (χ1) is 12.6. The predicted octanol–water partition coefficient (Wildman–Crippen LogP) is 2.14. The molecule has 0 amide bonds. The maximum atomic E-state index is 9.39. The van der Waals surface area contributed by atoms with Gasteiger partial charge in [-0.1, -0.05) is 11.6 Å². The molecule has 1 heterocycles. The summed E-state index contributed by atoms with van der Waals surface area (Å²) in [5, 5.41) is 20.7. The monoisotopic (exact) mass is 372 g/mol. The van der Waals surface area contributed by atoms with Gasteiger partial charge in [-0.25, -0.2) is 4.98 Å². The molecule has 0 aliphatic heterocycles. The first-order valence-corrected chi connectivity index (χ1v) is 9.16. The lowest BCUT2D eigenvalue weighted by Crippen LogP contribution is -2.37. The number of methoxy groups -OCH3 is 1. The van der Waals surface area contributed by atoms with Crippen molar-refractivity contribution < 1.29 is 9.72 Å². The number of anilines is 1. The highest BCUT2D eigenvalue weighted by molar-refractivity contribution is 7.80. The summed E-state index contributed by atoms with van der Waals surface area (Å²) in [7, 11) is 1.69. The molecule has 0 aliphatic rings. The maximum absolute atomic E-state index is 9.39. The van der Waals surface area contributed by atoms with Gasteiger partial charge in [0.2, 0.25) is 0 Å². The third-order valence-corrected chi connectivity index (χ3v) is 4.20.